The van der Waals surface area contributed by atoms with E-state index in [9.17, 15) is 22.0 Å². The van der Waals surface area contributed by atoms with Crippen molar-refractivity contribution in [3.05, 3.63) is 359 Å². The lowest BCUT2D eigenvalue weighted by molar-refractivity contribution is 0.619. The summed E-state index contributed by atoms with van der Waals surface area (Å²) in [5.74, 6) is -4.50. The summed E-state index contributed by atoms with van der Waals surface area (Å²) in [7, 11) is 0. The van der Waals surface area contributed by atoms with Crippen LogP contribution in [0.5, 0.6) is 0 Å². The summed E-state index contributed by atoms with van der Waals surface area (Å²) in [6, 6.07) is 81.7. The van der Waals surface area contributed by atoms with E-state index in [4.69, 9.17) is 0 Å². The maximum atomic E-state index is 16.3. The fourth-order valence-corrected chi connectivity index (χ4v) is 14.3. The van der Waals surface area contributed by atoms with Gasteiger partial charge >= 0.3 is 0 Å². The van der Waals surface area contributed by atoms with E-state index in [1.165, 1.54) is 111 Å². The van der Waals surface area contributed by atoms with Crippen molar-refractivity contribution in [2.45, 2.75) is 0 Å². The third kappa shape index (κ3) is 12.3. The van der Waals surface area contributed by atoms with Gasteiger partial charge in [-0.25, -0.2) is 39.5 Å². The molecular weight excluding hydrogens is 1410 g/mol. The van der Waals surface area contributed by atoms with E-state index in [0.29, 0.717) is 60.7 Å². The molecule has 486 valence electrons. The summed E-state index contributed by atoms with van der Waals surface area (Å²) in [5.41, 5.74) is 5.60. The zero-order valence-corrected chi connectivity index (χ0v) is 55.5. The van der Waals surface area contributed by atoms with Gasteiger partial charge in [0.1, 0.15) is 52.4 Å². The van der Waals surface area contributed by atoms with Crippen LogP contribution < -0.4 is 15.1 Å². The Morgan fingerprint density at radius 3 is 0.930 bits per heavy atom. The van der Waals surface area contributed by atoms with Gasteiger partial charge in [0.25, 0.3) is 0 Å². The summed E-state index contributed by atoms with van der Waals surface area (Å²) < 4.78 is 135. The van der Waals surface area contributed by atoms with Gasteiger partial charge in [-0.3, -0.25) is 0 Å². The fourth-order valence-electron chi connectivity index (χ4n) is 13.2. The molecule has 0 aromatic heterocycles. The third-order valence-electron chi connectivity index (χ3n) is 17.8. The van der Waals surface area contributed by atoms with Crippen LogP contribution in [0, 0.1) is 52.4 Å². The molecule has 14 heteroatoms. The highest BCUT2D eigenvalue weighted by Gasteiger charge is 2.28. The molecule has 0 unspecified atom stereocenters. The lowest BCUT2D eigenvalue weighted by Crippen LogP contribution is -2.15. The number of benzene rings is 17. The summed E-state index contributed by atoms with van der Waals surface area (Å²) in [4.78, 5) is 3.12. The molecule has 0 amide bonds. The number of rotatable bonds is 11. The van der Waals surface area contributed by atoms with E-state index in [1.54, 1.807) is 131 Å². The first-order valence-corrected chi connectivity index (χ1v) is 33.2. The molecule has 0 saturated heterocycles. The lowest BCUT2D eigenvalue weighted by Gasteiger charge is -2.31. The second-order valence-electron chi connectivity index (χ2n) is 23.8. The molecule has 17 aromatic rings. The van der Waals surface area contributed by atoms with Crippen LogP contribution in [-0.4, -0.2) is 0 Å². The Hall–Kier alpha value is -11.5. The molecule has 0 fully saturated rings. The lowest BCUT2D eigenvalue weighted by atomic mass is 9.90. The van der Waals surface area contributed by atoms with Gasteiger partial charge in [0.2, 0.25) is 0 Å². The first-order chi connectivity index (χ1) is 48.6. The number of halogens is 11. The Bertz CT molecular complexity index is 5640. The molecule has 1 N–H and O–H groups in total. The van der Waals surface area contributed by atoms with Crippen molar-refractivity contribution in [3.63, 3.8) is 0 Å². The van der Waals surface area contributed by atoms with E-state index >= 15 is 17.6 Å². The topological polar surface area (TPSA) is 18.5 Å². The molecule has 0 aliphatic rings. The quantitative estimate of drug-likeness (QED) is 0.103. The van der Waals surface area contributed by atoms with Crippen molar-refractivity contribution in [3.8, 4) is 33.4 Å². The highest BCUT2D eigenvalue weighted by atomic mass is 79.9. The van der Waals surface area contributed by atoms with Crippen LogP contribution in [0.4, 0.5) is 85.0 Å². The normalized spacial score (nSPS) is 11.3. The van der Waals surface area contributed by atoms with Crippen LogP contribution in [0.3, 0.4) is 0 Å². The number of hydrogen-bond acceptors (Lipinski definition) is 3. The Labute approximate surface area is 584 Å². The molecular formula is C86H50Br2F9N3. The van der Waals surface area contributed by atoms with Gasteiger partial charge in [-0.15, -0.1) is 0 Å². The van der Waals surface area contributed by atoms with Gasteiger partial charge in [-0.1, -0.05) is 196 Å². The Morgan fingerprint density at radius 1 is 0.220 bits per heavy atom. The molecule has 0 bridgehead atoms. The van der Waals surface area contributed by atoms with Crippen LogP contribution in [-0.2, 0) is 0 Å². The average molecular weight is 1460 g/mol. The second kappa shape index (κ2) is 27.1. The van der Waals surface area contributed by atoms with E-state index in [0.717, 1.165) is 25.3 Å². The molecule has 0 saturated carbocycles. The van der Waals surface area contributed by atoms with Gasteiger partial charge in [-0.2, -0.15) is 0 Å². The van der Waals surface area contributed by atoms with Gasteiger partial charge in [0.15, 0.2) is 0 Å². The molecule has 0 aliphatic heterocycles. The molecule has 0 aliphatic carbocycles. The van der Waals surface area contributed by atoms with E-state index in [-0.39, 0.29) is 39.9 Å². The predicted octanol–water partition coefficient (Wildman–Crippen LogP) is 27.3. The highest BCUT2D eigenvalue weighted by molar-refractivity contribution is 9.11. The summed E-state index contributed by atoms with van der Waals surface area (Å²) >= 11 is 7.37. The molecule has 17 aromatic carbocycles. The SMILES string of the molecule is Brc1cc2cccc3c(Br)cc4cccc1c4c23.Fc1ccc(-c2ccc(F)c(N(c3ccccc3F)c3cc4cccc5c(N(c6ccccc6F)c6cc(-c7ccc(F)cc7)ccc6F)cc6cccc3c6c45)c2)cc1.Fc1ccc(-c2ccc(F)c(Nc3ccccc3F)c2)cc1. The minimum absolute atomic E-state index is 0.0691. The van der Waals surface area contributed by atoms with Gasteiger partial charge in [0.05, 0.1) is 45.5 Å². The molecule has 0 heterocycles. The average Bonchev–Trinajstić information content (AvgIpc) is 0.719. The second-order valence-corrected chi connectivity index (χ2v) is 25.6. The van der Waals surface area contributed by atoms with Crippen molar-refractivity contribution >= 4 is 142 Å². The van der Waals surface area contributed by atoms with Gasteiger partial charge in [0, 0.05) is 19.7 Å². The number of hydrogen-bond donors (Lipinski definition) is 1. The zero-order valence-electron chi connectivity index (χ0n) is 52.3. The molecule has 0 atom stereocenters. The maximum Gasteiger partial charge on any atom is 0.147 e. The minimum Gasteiger partial charge on any atom is -0.351 e. The predicted molar refractivity (Wildman–Crippen MR) is 397 cm³/mol. The first-order valence-electron chi connectivity index (χ1n) is 31.6. The summed E-state index contributed by atoms with van der Waals surface area (Å²) in [6.45, 7) is 0. The molecule has 3 nitrogen and oxygen atoms in total. The Balaban J connectivity index is 0.000000163. The van der Waals surface area contributed by atoms with Crippen molar-refractivity contribution in [1.82, 2.24) is 0 Å². The van der Waals surface area contributed by atoms with Crippen LogP contribution in [0.25, 0.3) is 98.0 Å². The number of nitrogens with zero attached hydrogens (tertiary/aromatic N) is 2. The molecule has 17 rings (SSSR count). The van der Waals surface area contributed by atoms with Crippen LogP contribution >= 0.6 is 31.9 Å². The first kappa shape index (κ1) is 64.5. The third-order valence-corrected chi connectivity index (χ3v) is 19.1. The van der Waals surface area contributed by atoms with Crippen molar-refractivity contribution < 1.29 is 39.5 Å². The van der Waals surface area contributed by atoms with Crippen molar-refractivity contribution in [2.75, 3.05) is 15.1 Å². The van der Waals surface area contributed by atoms with Crippen molar-refractivity contribution in [1.29, 1.82) is 0 Å². The molecule has 0 radical (unpaired) electrons. The maximum absolute atomic E-state index is 16.3. The molecule has 100 heavy (non-hydrogen) atoms. The van der Waals surface area contributed by atoms with Crippen molar-refractivity contribution in [2.24, 2.45) is 0 Å². The number of para-hydroxylation sites is 3. The largest absolute Gasteiger partial charge is 0.351 e. The fraction of sp³-hybridized carbons (Fsp3) is 0. The monoisotopic (exact) mass is 1450 g/mol. The summed E-state index contributed by atoms with van der Waals surface area (Å²) in [5, 5.41) is 14.9. The van der Waals surface area contributed by atoms with Crippen LogP contribution in [0.2, 0.25) is 0 Å². The van der Waals surface area contributed by atoms with Crippen LogP contribution in [0.15, 0.2) is 306 Å². The highest BCUT2D eigenvalue weighted by Crippen LogP contribution is 2.51. The van der Waals surface area contributed by atoms with E-state index < -0.39 is 46.5 Å². The van der Waals surface area contributed by atoms with Gasteiger partial charge < -0.3 is 15.1 Å². The zero-order chi connectivity index (χ0) is 68.9. The smallest absolute Gasteiger partial charge is 0.147 e. The Morgan fingerprint density at radius 2 is 0.530 bits per heavy atom. The van der Waals surface area contributed by atoms with Crippen LogP contribution in [0.1, 0.15) is 0 Å². The number of nitrogens with one attached hydrogen (secondary N) is 1. The summed E-state index contributed by atoms with van der Waals surface area (Å²) in [6.07, 6.45) is 0. The minimum atomic E-state index is -0.609. The number of anilines is 8. The van der Waals surface area contributed by atoms with E-state index in [1.807, 2.05) is 48.5 Å². The Kier molecular flexibility index (Phi) is 17.5. The molecule has 0 spiro atoms. The standard InChI is InChI=1S/C52H30F6N2.C18H12F3N.C16H8Br2/c53-37-21-15-31(16-22-37)33-19-25-43(57)49(27-33)59(45-13-3-1-11-41(45)55)47-29-35-7-6-10-40-48(30-36-8-5-9-39(47)51(36)52(35)40)60(46-14-4-2-12-42(46)56)50-28-34(20-26-44(50)58)32-17-23-38(54)24-18-32;19-14-8-5-12(6-9-14)13-7-10-16(21)18(11-13)22-17-4-2-1-3-15(17)20;17-13-8-10-4-2-6-12-14(18)7-9-3-1-5-11(13)15(9)16(10)12/h1-30H;1-11,22H;1-8H. The van der Waals surface area contributed by atoms with E-state index in [2.05, 4.69) is 85.7 Å². The van der Waals surface area contributed by atoms with Gasteiger partial charge in [-0.05, 0) is 221 Å².